The monoisotopic (exact) mass is 702 g/mol. The fourth-order valence-corrected chi connectivity index (χ4v) is 7.34. The van der Waals surface area contributed by atoms with E-state index >= 15 is 0 Å². The molecule has 0 N–H and O–H groups in total. The highest BCUT2D eigenvalue weighted by Crippen LogP contribution is 2.45. The molecular weight excluding hydrogens is 655 g/mol. The molecule has 1 fully saturated rings. The topological polar surface area (TPSA) is 80.9 Å². The number of benzene rings is 1. The van der Waals surface area contributed by atoms with E-state index < -0.39 is 40.2 Å². The molecule has 1 aliphatic heterocycles. The maximum atomic E-state index is 13.8. The van der Waals surface area contributed by atoms with Crippen molar-refractivity contribution in [3.63, 3.8) is 0 Å². The third kappa shape index (κ3) is 7.45. The summed E-state index contributed by atoms with van der Waals surface area (Å²) in [6.07, 6.45) is -0.347. The van der Waals surface area contributed by atoms with Crippen molar-refractivity contribution in [2.75, 3.05) is 4.43 Å². The smallest absolute Gasteiger partial charge is 0.335 e. The van der Waals surface area contributed by atoms with Gasteiger partial charge in [0.15, 0.2) is 22.9 Å². The fraction of sp³-hybridized carbons (Fsp3) is 0.655. The number of nitrogens with zero attached hydrogens (tertiary/aromatic N) is 2. The Kier molecular flexibility index (Phi) is 10.6. The summed E-state index contributed by atoms with van der Waals surface area (Å²) in [5, 5.41) is -0.0703. The molecule has 0 unspecified atom stereocenters. The average molecular weight is 703 g/mol. The lowest BCUT2D eigenvalue weighted by molar-refractivity contribution is -0.0319. The maximum Gasteiger partial charge on any atom is 0.335 e. The van der Waals surface area contributed by atoms with E-state index in [1.54, 1.807) is 0 Å². The largest absolute Gasteiger partial charge is 0.408 e. The lowest BCUT2D eigenvalue weighted by atomic mass is 10.1. The molecule has 8 nitrogen and oxygen atoms in total. The molecule has 0 amide bonds. The van der Waals surface area contributed by atoms with Crippen molar-refractivity contribution in [2.45, 2.75) is 116 Å². The quantitative estimate of drug-likeness (QED) is 0.164. The summed E-state index contributed by atoms with van der Waals surface area (Å²) in [5.74, 6) is 0. The molecule has 0 aliphatic carbocycles. The molecule has 0 saturated carbocycles. The van der Waals surface area contributed by atoms with E-state index in [-0.39, 0.29) is 35.6 Å². The first-order chi connectivity index (χ1) is 18.4. The molecule has 0 spiro atoms. The molecular formula is C29H47IN2O6Si2. The van der Waals surface area contributed by atoms with Crippen LogP contribution in [0.25, 0.3) is 0 Å². The van der Waals surface area contributed by atoms with Gasteiger partial charge in [-0.05, 0) is 41.8 Å². The molecule has 40 heavy (non-hydrogen) atoms. The van der Waals surface area contributed by atoms with Gasteiger partial charge in [0.05, 0.1) is 12.7 Å². The molecule has 0 radical (unpaired) electrons. The summed E-state index contributed by atoms with van der Waals surface area (Å²) in [6, 6.07) is 11.0. The number of ether oxygens (including phenoxy) is 2. The van der Waals surface area contributed by atoms with Crippen LogP contribution in [0.1, 0.15) is 53.3 Å². The van der Waals surface area contributed by atoms with Gasteiger partial charge in [-0.3, -0.25) is 9.36 Å². The van der Waals surface area contributed by atoms with E-state index in [1.807, 2.05) is 30.3 Å². The zero-order chi connectivity index (χ0) is 30.1. The zero-order valence-electron chi connectivity index (χ0n) is 25.7. The van der Waals surface area contributed by atoms with Gasteiger partial charge in [0.25, 0.3) is 5.56 Å². The number of aromatic nitrogens is 2. The van der Waals surface area contributed by atoms with Gasteiger partial charge in [0.1, 0.15) is 18.9 Å². The first kappa shape index (κ1) is 33.4. The first-order valence-corrected chi connectivity index (χ1v) is 21.2. The van der Waals surface area contributed by atoms with E-state index in [4.69, 9.17) is 18.3 Å². The van der Waals surface area contributed by atoms with Crippen LogP contribution in [-0.4, -0.2) is 48.5 Å². The minimum atomic E-state index is -2.31. The van der Waals surface area contributed by atoms with E-state index in [9.17, 15) is 9.59 Å². The summed E-state index contributed by atoms with van der Waals surface area (Å²) < 4.78 is 29.6. The van der Waals surface area contributed by atoms with E-state index in [1.165, 1.54) is 16.8 Å². The number of hydrogen-bond acceptors (Lipinski definition) is 6. The van der Waals surface area contributed by atoms with Crippen LogP contribution < -0.4 is 11.2 Å². The van der Waals surface area contributed by atoms with Crippen molar-refractivity contribution in [3.8, 4) is 0 Å². The first-order valence-electron chi connectivity index (χ1n) is 13.9. The van der Waals surface area contributed by atoms with Crippen molar-refractivity contribution >= 4 is 39.2 Å². The Hall–Kier alpha value is -1.10. The fourth-order valence-electron chi connectivity index (χ4n) is 4.03. The van der Waals surface area contributed by atoms with Crippen LogP contribution in [0.4, 0.5) is 0 Å². The van der Waals surface area contributed by atoms with Crippen molar-refractivity contribution in [1.29, 1.82) is 0 Å². The molecule has 11 heteroatoms. The predicted molar refractivity (Wildman–Crippen MR) is 173 cm³/mol. The second-order valence-corrected chi connectivity index (χ2v) is 24.0. The summed E-state index contributed by atoms with van der Waals surface area (Å²) in [7, 11) is -4.52. The van der Waals surface area contributed by atoms with Crippen LogP contribution in [-0.2, 0) is 31.7 Å². The Morgan fingerprint density at radius 1 is 0.875 bits per heavy atom. The van der Waals surface area contributed by atoms with Crippen LogP contribution >= 0.6 is 22.6 Å². The minimum Gasteiger partial charge on any atom is -0.408 e. The molecule has 224 valence electrons. The third-order valence-electron chi connectivity index (χ3n) is 8.61. The summed E-state index contributed by atoms with van der Waals surface area (Å²) in [4.78, 5) is 26.5. The predicted octanol–water partition coefficient (Wildman–Crippen LogP) is 6.30. The molecule has 2 heterocycles. The van der Waals surface area contributed by atoms with Crippen LogP contribution in [0.15, 0.2) is 52.2 Å². The van der Waals surface area contributed by atoms with Gasteiger partial charge < -0.3 is 18.3 Å². The number of hydrogen-bond donors (Lipinski definition) is 0. The normalized spacial score (nSPS) is 22.6. The molecule has 2 aromatic rings. The average Bonchev–Trinajstić information content (AvgIpc) is 3.16. The van der Waals surface area contributed by atoms with E-state index in [0.29, 0.717) is 4.43 Å². The molecule has 1 aromatic heterocycles. The standard InChI is InChI=1S/C29H47IN2O6Si2/c1-28(2,3)39(7,8)37-24-22(18-30)36-26(25(24)38-40(9,10)29(4,5)6)31-17-16-23(33)32(27(31)34)20-35-19-21-14-12-11-13-15-21/h11-17,22,24-26H,18-20H2,1-10H3/t22-,24-,25-,26-/m1/s1. The van der Waals surface area contributed by atoms with Crippen LogP contribution in [0.3, 0.4) is 0 Å². The molecule has 1 saturated heterocycles. The van der Waals surface area contributed by atoms with Gasteiger partial charge in [-0.25, -0.2) is 9.36 Å². The zero-order valence-corrected chi connectivity index (χ0v) is 29.9. The van der Waals surface area contributed by atoms with Crippen molar-refractivity contribution in [2.24, 2.45) is 0 Å². The molecule has 1 aliphatic rings. The molecule has 3 rings (SSSR count). The Labute approximate surface area is 254 Å². The minimum absolute atomic E-state index is 0.0113. The Morgan fingerprint density at radius 2 is 1.43 bits per heavy atom. The lowest BCUT2D eigenvalue weighted by Crippen LogP contribution is -2.54. The Balaban J connectivity index is 2.02. The summed E-state index contributed by atoms with van der Waals surface area (Å²) in [5.41, 5.74) is 0.0486. The second kappa shape index (κ2) is 12.6. The van der Waals surface area contributed by atoms with E-state index in [0.717, 1.165) is 10.1 Å². The van der Waals surface area contributed by atoms with E-state index in [2.05, 4.69) is 90.3 Å². The Bertz CT molecular complexity index is 1250. The van der Waals surface area contributed by atoms with Crippen LogP contribution in [0, 0.1) is 0 Å². The number of rotatable bonds is 10. The summed E-state index contributed by atoms with van der Waals surface area (Å²) >= 11 is 2.32. The Morgan fingerprint density at radius 3 is 1.95 bits per heavy atom. The van der Waals surface area contributed by atoms with Crippen molar-refractivity contribution in [3.05, 3.63) is 69.0 Å². The van der Waals surface area contributed by atoms with Crippen molar-refractivity contribution < 1.29 is 18.3 Å². The molecule has 0 bridgehead atoms. The molecule has 4 atom stereocenters. The van der Waals surface area contributed by atoms with Gasteiger partial charge in [0.2, 0.25) is 0 Å². The highest BCUT2D eigenvalue weighted by molar-refractivity contribution is 14.1. The third-order valence-corrected chi connectivity index (χ3v) is 18.4. The molecule has 1 aromatic carbocycles. The van der Waals surface area contributed by atoms with Gasteiger partial charge in [-0.2, -0.15) is 0 Å². The van der Waals surface area contributed by atoms with Gasteiger partial charge in [-0.1, -0.05) is 94.5 Å². The number of halogens is 1. The lowest BCUT2D eigenvalue weighted by Gasteiger charge is -2.44. The van der Waals surface area contributed by atoms with Gasteiger partial charge >= 0.3 is 5.69 Å². The highest BCUT2D eigenvalue weighted by Gasteiger charge is 2.54. The van der Waals surface area contributed by atoms with Gasteiger partial charge in [0, 0.05) is 16.7 Å². The van der Waals surface area contributed by atoms with Crippen molar-refractivity contribution in [1.82, 2.24) is 9.13 Å². The van der Waals surface area contributed by atoms with Crippen LogP contribution in [0.2, 0.25) is 36.3 Å². The summed E-state index contributed by atoms with van der Waals surface area (Å²) in [6.45, 7) is 22.2. The SMILES string of the molecule is CC(C)(C)[Si](C)(C)O[C@@H]1[C@H](O[Si](C)(C)C(C)(C)C)[C@@H](CI)O[C@H]1n1ccc(=O)n(COCc2ccccc2)c1=O. The second-order valence-electron chi connectivity index (χ2n) is 13.6. The maximum absolute atomic E-state index is 13.8. The highest BCUT2D eigenvalue weighted by atomic mass is 127. The number of alkyl halides is 1. The van der Waals surface area contributed by atoms with Crippen LogP contribution in [0.5, 0.6) is 0 Å². The van der Waals surface area contributed by atoms with Gasteiger partial charge in [-0.15, -0.1) is 0 Å².